The molecule has 0 spiro atoms. The van der Waals surface area contributed by atoms with E-state index in [1.807, 2.05) is 0 Å². The summed E-state index contributed by atoms with van der Waals surface area (Å²) in [5.41, 5.74) is 0. The fraction of sp³-hybridized carbons (Fsp3) is 0.696. The number of ether oxygens (including phenoxy) is 2. The molecule has 0 saturated carbocycles. The van der Waals surface area contributed by atoms with Gasteiger partial charge in [0.05, 0.1) is 6.61 Å². The summed E-state index contributed by atoms with van der Waals surface area (Å²) in [6.07, 6.45) is 109. The third-order valence-corrected chi connectivity index (χ3v) is 15.4. The summed E-state index contributed by atoms with van der Waals surface area (Å²) in [5.74, 6) is -0.584. The van der Waals surface area contributed by atoms with Crippen LogP contribution in [0.5, 0.6) is 0 Å². The molecule has 0 rings (SSSR count). The first-order chi connectivity index (χ1) is 41.6. The number of allylic oxidation sites excluding steroid dienone is 22. The van der Waals surface area contributed by atoms with Crippen molar-refractivity contribution >= 4 is 11.9 Å². The topological polar surface area (TPSA) is 72.8 Å². The van der Waals surface area contributed by atoms with Crippen molar-refractivity contribution in [3.63, 3.8) is 0 Å². The van der Waals surface area contributed by atoms with Crippen molar-refractivity contribution in [3.05, 3.63) is 134 Å². The second kappa shape index (κ2) is 73.3. The first-order valence-corrected chi connectivity index (χ1v) is 35.7. The number of unbranched alkanes of at least 4 members (excludes halogenated alkanes) is 35. The molecule has 5 heteroatoms. The van der Waals surface area contributed by atoms with Gasteiger partial charge >= 0.3 is 11.9 Å². The molecule has 0 aliphatic heterocycles. The van der Waals surface area contributed by atoms with E-state index in [2.05, 4.69) is 148 Å². The number of rotatable bonds is 65. The van der Waals surface area contributed by atoms with Crippen molar-refractivity contribution in [1.29, 1.82) is 0 Å². The Hall–Kier alpha value is -3.96. The second-order valence-corrected chi connectivity index (χ2v) is 23.6. The van der Waals surface area contributed by atoms with E-state index < -0.39 is 6.10 Å². The van der Waals surface area contributed by atoms with Crippen molar-refractivity contribution in [2.75, 3.05) is 13.2 Å². The van der Waals surface area contributed by atoms with Crippen LogP contribution in [-0.2, 0) is 19.1 Å². The maximum absolute atomic E-state index is 12.4. The zero-order chi connectivity index (χ0) is 60.5. The minimum absolute atomic E-state index is 0.0685. The van der Waals surface area contributed by atoms with Crippen LogP contribution < -0.4 is 0 Å². The number of carbonyl (C=O) groups is 2. The van der Waals surface area contributed by atoms with Gasteiger partial charge in [-0.3, -0.25) is 9.59 Å². The third kappa shape index (κ3) is 70.5. The summed E-state index contributed by atoms with van der Waals surface area (Å²) >= 11 is 0. The average Bonchev–Trinajstić information content (AvgIpc) is 3.51. The Morgan fingerprint density at radius 3 is 0.714 bits per heavy atom. The molecule has 1 atom stereocenters. The molecule has 480 valence electrons. The predicted molar refractivity (Wildman–Crippen MR) is 371 cm³/mol. The van der Waals surface area contributed by atoms with E-state index in [-0.39, 0.29) is 25.2 Å². The lowest BCUT2D eigenvalue weighted by atomic mass is 10.0. The third-order valence-electron chi connectivity index (χ3n) is 15.4. The largest absolute Gasteiger partial charge is 0.462 e. The second-order valence-electron chi connectivity index (χ2n) is 23.6. The molecule has 0 aliphatic rings. The minimum Gasteiger partial charge on any atom is -0.462 e. The van der Waals surface area contributed by atoms with Gasteiger partial charge in [-0.25, -0.2) is 0 Å². The standard InChI is InChI=1S/C79H134O5/c1-3-5-7-9-11-13-15-17-19-21-23-25-27-29-31-33-35-36-37-38-39-40-41-42-44-45-47-49-51-53-55-57-59-61-63-65-67-69-71-73-78(81)83-76-77(75-80)84-79(82)74-72-70-68-66-64-62-60-58-56-54-52-50-48-46-43-34-32-30-28-26-24-22-20-18-16-14-12-10-8-6-4-2/h5-8,11-14,17-20,23-26,29-32,43,46,77,80H,3-4,9-10,15-16,21-22,27-28,33-42,44-45,47-76H2,1-2H3/b7-5-,8-6-,13-11-,14-12-,19-17-,20-18-,25-23-,26-24-,31-29-,32-30-,46-43-. The summed E-state index contributed by atoms with van der Waals surface area (Å²) in [5, 5.41) is 9.71. The zero-order valence-electron chi connectivity index (χ0n) is 55.1. The normalized spacial score (nSPS) is 13.0. The molecule has 0 aromatic carbocycles. The van der Waals surface area contributed by atoms with Gasteiger partial charge in [0.1, 0.15) is 6.61 Å². The van der Waals surface area contributed by atoms with E-state index in [0.717, 1.165) is 109 Å². The highest BCUT2D eigenvalue weighted by molar-refractivity contribution is 5.70. The molecule has 5 nitrogen and oxygen atoms in total. The Morgan fingerprint density at radius 2 is 0.476 bits per heavy atom. The molecule has 0 fully saturated rings. The van der Waals surface area contributed by atoms with E-state index >= 15 is 0 Å². The number of esters is 2. The number of carbonyl (C=O) groups excluding carboxylic acids is 2. The van der Waals surface area contributed by atoms with Crippen LogP contribution in [0.3, 0.4) is 0 Å². The van der Waals surface area contributed by atoms with Gasteiger partial charge in [-0.1, -0.05) is 347 Å². The molecule has 0 amide bonds. The first-order valence-electron chi connectivity index (χ1n) is 35.7. The Kier molecular flexibility index (Phi) is 69.8. The van der Waals surface area contributed by atoms with E-state index in [0.29, 0.717) is 12.8 Å². The monoisotopic (exact) mass is 1160 g/mol. The quantitative estimate of drug-likeness (QED) is 0.0373. The highest BCUT2D eigenvalue weighted by atomic mass is 16.6. The molecule has 1 N–H and O–H groups in total. The molecule has 84 heavy (non-hydrogen) atoms. The van der Waals surface area contributed by atoms with Crippen LogP contribution in [0.1, 0.15) is 335 Å². The van der Waals surface area contributed by atoms with E-state index in [1.165, 1.54) is 199 Å². The van der Waals surface area contributed by atoms with Crippen LogP contribution in [0, 0.1) is 0 Å². The van der Waals surface area contributed by atoms with Crippen molar-refractivity contribution < 1.29 is 24.2 Å². The van der Waals surface area contributed by atoms with Crippen LogP contribution >= 0.6 is 0 Å². The summed E-state index contributed by atoms with van der Waals surface area (Å²) < 4.78 is 10.8. The Balaban J connectivity index is 3.45. The molecule has 0 bridgehead atoms. The number of hydrogen-bond donors (Lipinski definition) is 1. The Labute approximate surface area is 521 Å². The van der Waals surface area contributed by atoms with Crippen LogP contribution in [0.25, 0.3) is 0 Å². The number of aliphatic hydroxyl groups is 1. The summed E-state index contributed by atoms with van der Waals surface area (Å²) in [6, 6.07) is 0. The molecular formula is C79H134O5. The van der Waals surface area contributed by atoms with Gasteiger partial charge in [0, 0.05) is 12.8 Å². The lowest BCUT2D eigenvalue weighted by Gasteiger charge is -2.15. The Morgan fingerprint density at radius 1 is 0.274 bits per heavy atom. The van der Waals surface area contributed by atoms with E-state index in [1.54, 1.807) is 0 Å². The van der Waals surface area contributed by atoms with Crippen molar-refractivity contribution in [1.82, 2.24) is 0 Å². The molecule has 0 radical (unpaired) electrons. The summed E-state index contributed by atoms with van der Waals surface area (Å²) in [4.78, 5) is 24.7. The highest BCUT2D eigenvalue weighted by Gasteiger charge is 2.16. The maximum Gasteiger partial charge on any atom is 0.306 e. The fourth-order valence-corrected chi connectivity index (χ4v) is 10.2. The molecule has 0 aromatic rings. The predicted octanol–water partition coefficient (Wildman–Crippen LogP) is 25.1. The van der Waals surface area contributed by atoms with Crippen LogP contribution in [-0.4, -0.2) is 36.4 Å². The van der Waals surface area contributed by atoms with Crippen molar-refractivity contribution in [3.8, 4) is 0 Å². The van der Waals surface area contributed by atoms with Gasteiger partial charge in [-0.2, -0.15) is 0 Å². The van der Waals surface area contributed by atoms with Gasteiger partial charge in [0.25, 0.3) is 0 Å². The van der Waals surface area contributed by atoms with Gasteiger partial charge in [0.2, 0.25) is 0 Å². The van der Waals surface area contributed by atoms with Gasteiger partial charge in [-0.05, 0) is 109 Å². The average molecular weight is 1160 g/mol. The van der Waals surface area contributed by atoms with Crippen LogP contribution in [0.2, 0.25) is 0 Å². The van der Waals surface area contributed by atoms with Crippen LogP contribution in [0.15, 0.2) is 134 Å². The maximum atomic E-state index is 12.4. The smallest absolute Gasteiger partial charge is 0.306 e. The lowest BCUT2D eigenvalue weighted by Crippen LogP contribution is -2.28. The molecular weight excluding hydrogens is 1030 g/mol. The minimum atomic E-state index is -0.780. The molecule has 1 unspecified atom stereocenters. The first kappa shape index (κ1) is 80.0. The number of aliphatic hydroxyl groups excluding tert-OH is 1. The SMILES string of the molecule is CC/C=C\C/C=C\C/C=C\C/C=C\C/C=C\C/C=C\CCCCCCCCCCCCCCC(=O)OC(CO)COC(=O)CCCCCCCCCCCCCCCCCCCCCCCCC/C=C\C/C=C\C/C=C\C/C=C\C/C=C\CC. The van der Waals surface area contributed by atoms with Crippen molar-refractivity contribution in [2.45, 2.75) is 341 Å². The summed E-state index contributed by atoms with van der Waals surface area (Å²) in [7, 11) is 0. The van der Waals surface area contributed by atoms with Crippen LogP contribution in [0.4, 0.5) is 0 Å². The van der Waals surface area contributed by atoms with Gasteiger partial charge < -0.3 is 14.6 Å². The molecule has 0 aliphatic carbocycles. The molecule has 0 aromatic heterocycles. The van der Waals surface area contributed by atoms with Gasteiger partial charge in [-0.15, -0.1) is 0 Å². The fourth-order valence-electron chi connectivity index (χ4n) is 10.2. The van der Waals surface area contributed by atoms with E-state index in [9.17, 15) is 14.7 Å². The summed E-state index contributed by atoms with van der Waals surface area (Å²) in [6.45, 7) is 3.94. The zero-order valence-corrected chi connectivity index (χ0v) is 55.1. The Bertz CT molecular complexity index is 1700. The lowest BCUT2D eigenvalue weighted by molar-refractivity contribution is -0.161. The van der Waals surface area contributed by atoms with E-state index in [4.69, 9.17) is 9.47 Å². The highest BCUT2D eigenvalue weighted by Crippen LogP contribution is 2.18. The molecule has 0 heterocycles. The van der Waals surface area contributed by atoms with Gasteiger partial charge in [0.15, 0.2) is 6.10 Å². The number of hydrogen-bond acceptors (Lipinski definition) is 5. The van der Waals surface area contributed by atoms with Crippen molar-refractivity contribution in [2.24, 2.45) is 0 Å². The molecule has 0 saturated heterocycles.